The highest BCUT2D eigenvalue weighted by Crippen LogP contribution is 2.25. The number of carbonyl (C=O) groups excluding carboxylic acids is 1. The maximum absolute atomic E-state index is 12.8. The molecule has 29 heavy (non-hydrogen) atoms. The van der Waals surface area contributed by atoms with Gasteiger partial charge in [-0.3, -0.25) is 4.79 Å². The van der Waals surface area contributed by atoms with Gasteiger partial charge in [-0.15, -0.1) is 0 Å². The van der Waals surface area contributed by atoms with E-state index in [0.717, 1.165) is 28.0 Å². The molecular weight excluding hydrogens is 386 g/mol. The Kier molecular flexibility index (Phi) is 6.45. The molecule has 0 fully saturated rings. The summed E-state index contributed by atoms with van der Waals surface area (Å²) in [6.45, 7) is 6.28. The lowest BCUT2D eigenvalue weighted by atomic mass is 10.1. The summed E-state index contributed by atoms with van der Waals surface area (Å²) in [5.41, 5.74) is 5.21. The van der Waals surface area contributed by atoms with E-state index in [1.165, 1.54) is 0 Å². The maximum atomic E-state index is 12.8. The molecule has 0 heterocycles. The Morgan fingerprint density at radius 1 is 0.966 bits per heavy atom. The van der Waals surface area contributed by atoms with Gasteiger partial charge in [-0.05, 0) is 79.9 Å². The van der Waals surface area contributed by atoms with E-state index in [-0.39, 0.29) is 5.91 Å². The van der Waals surface area contributed by atoms with Crippen molar-refractivity contribution in [3.05, 3.63) is 87.4 Å². The number of hydrogen-bond acceptors (Lipinski definition) is 3. The molecule has 4 nitrogen and oxygen atoms in total. The molecule has 5 heteroatoms. The van der Waals surface area contributed by atoms with E-state index < -0.39 is 0 Å². The highest BCUT2D eigenvalue weighted by Gasteiger charge is 2.13. The molecule has 1 N–H and O–H groups in total. The van der Waals surface area contributed by atoms with Crippen molar-refractivity contribution >= 4 is 23.2 Å². The molecule has 3 rings (SSSR count). The molecule has 3 aromatic carbocycles. The van der Waals surface area contributed by atoms with Crippen LogP contribution in [0, 0.1) is 20.8 Å². The molecule has 0 saturated heterocycles. The first-order valence-electron chi connectivity index (χ1n) is 9.31. The Morgan fingerprint density at radius 2 is 1.69 bits per heavy atom. The molecule has 0 aliphatic rings. The number of methoxy groups -OCH3 is 1. The molecule has 3 aromatic rings. The van der Waals surface area contributed by atoms with Gasteiger partial charge in [0.2, 0.25) is 0 Å². The van der Waals surface area contributed by atoms with Gasteiger partial charge >= 0.3 is 0 Å². The number of nitrogens with one attached hydrogen (secondary N) is 1. The summed E-state index contributed by atoms with van der Waals surface area (Å²) in [6, 6.07) is 16.8. The first-order valence-corrected chi connectivity index (χ1v) is 9.69. The van der Waals surface area contributed by atoms with Gasteiger partial charge in [0, 0.05) is 21.8 Å². The Balaban J connectivity index is 1.80. The van der Waals surface area contributed by atoms with E-state index in [1.807, 2.05) is 39.0 Å². The molecule has 0 bridgehead atoms. The normalized spacial score (nSPS) is 10.5. The fourth-order valence-corrected chi connectivity index (χ4v) is 3.31. The third-order valence-electron chi connectivity index (χ3n) is 4.58. The first-order chi connectivity index (χ1) is 13.9. The number of ether oxygens (including phenoxy) is 2. The Morgan fingerprint density at radius 3 is 2.38 bits per heavy atom. The van der Waals surface area contributed by atoms with Crippen LogP contribution in [-0.2, 0) is 6.61 Å². The van der Waals surface area contributed by atoms with Gasteiger partial charge in [-0.2, -0.15) is 0 Å². The molecule has 0 radical (unpaired) electrons. The van der Waals surface area contributed by atoms with Crippen LogP contribution in [0.1, 0.15) is 32.6 Å². The summed E-state index contributed by atoms with van der Waals surface area (Å²) in [5.74, 6) is 1.24. The smallest absolute Gasteiger partial charge is 0.255 e. The molecule has 0 saturated carbocycles. The minimum Gasteiger partial charge on any atom is -0.496 e. The lowest BCUT2D eigenvalue weighted by Crippen LogP contribution is -2.13. The lowest BCUT2D eigenvalue weighted by molar-refractivity contribution is 0.102. The third-order valence-corrected chi connectivity index (χ3v) is 4.82. The summed E-state index contributed by atoms with van der Waals surface area (Å²) in [7, 11) is 1.60. The second-order valence-electron chi connectivity index (χ2n) is 7.05. The number of hydrogen-bond donors (Lipinski definition) is 1. The number of benzene rings is 3. The average Bonchev–Trinajstić information content (AvgIpc) is 2.68. The highest BCUT2D eigenvalue weighted by molar-refractivity contribution is 6.31. The average molecular weight is 410 g/mol. The van der Waals surface area contributed by atoms with Gasteiger partial charge in [0.25, 0.3) is 5.91 Å². The van der Waals surface area contributed by atoms with Crippen molar-refractivity contribution in [1.82, 2.24) is 0 Å². The van der Waals surface area contributed by atoms with Crippen LogP contribution in [0.3, 0.4) is 0 Å². The van der Waals surface area contributed by atoms with E-state index in [0.29, 0.717) is 28.6 Å². The highest BCUT2D eigenvalue weighted by atomic mass is 35.5. The fraction of sp³-hybridized carbons (Fsp3) is 0.208. The Bertz CT molecular complexity index is 1030. The van der Waals surface area contributed by atoms with Gasteiger partial charge in [0.1, 0.15) is 18.1 Å². The van der Waals surface area contributed by atoms with Crippen molar-refractivity contribution in [3.8, 4) is 11.5 Å². The van der Waals surface area contributed by atoms with Crippen LogP contribution in [0.2, 0.25) is 5.02 Å². The SMILES string of the molecule is COc1ccc(C(=O)Nc2cc(Cl)ccc2C)cc1COc1cc(C)cc(C)c1. The van der Waals surface area contributed by atoms with Gasteiger partial charge in [-0.25, -0.2) is 0 Å². The van der Waals surface area contributed by atoms with E-state index in [9.17, 15) is 4.79 Å². The quantitative estimate of drug-likeness (QED) is 0.534. The number of rotatable bonds is 6. The molecule has 1 amide bonds. The predicted molar refractivity (Wildman–Crippen MR) is 117 cm³/mol. The summed E-state index contributed by atoms with van der Waals surface area (Å²) < 4.78 is 11.4. The van der Waals surface area contributed by atoms with Gasteiger partial charge in [-0.1, -0.05) is 23.7 Å². The lowest BCUT2D eigenvalue weighted by Gasteiger charge is -2.14. The Labute approximate surface area is 176 Å². The van der Waals surface area contributed by atoms with E-state index in [1.54, 1.807) is 37.4 Å². The van der Waals surface area contributed by atoms with E-state index in [4.69, 9.17) is 21.1 Å². The number of anilines is 1. The molecular formula is C24H24ClNO3. The summed E-state index contributed by atoms with van der Waals surface area (Å²) in [5, 5.41) is 3.49. The molecule has 0 aliphatic carbocycles. The number of amides is 1. The zero-order chi connectivity index (χ0) is 21.0. The third kappa shape index (κ3) is 5.30. The number of carbonyl (C=O) groups is 1. The second kappa shape index (κ2) is 9.01. The van der Waals surface area contributed by atoms with Crippen molar-refractivity contribution in [2.75, 3.05) is 12.4 Å². The summed E-state index contributed by atoms with van der Waals surface area (Å²) in [6.07, 6.45) is 0. The van der Waals surface area contributed by atoms with Gasteiger partial charge < -0.3 is 14.8 Å². The zero-order valence-corrected chi connectivity index (χ0v) is 17.8. The summed E-state index contributed by atoms with van der Waals surface area (Å²) >= 11 is 6.05. The zero-order valence-electron chi connectivity index (χ0n) is 17.0. The van der Waals surface area contributed by atoms with Crippen LogP contribution >= 0.6 is 11.6 Å². The van der Waals surface area contributed by atoms with Crippen LogP contribution in [0.5, 0.6) is 11.5 Å². The van der Waals surface area contributed by atoms with Crippen LogP contribution in [0.4, 0.5) is 5.69 Å². The topological polar surface area (TPSA) is 47.6 Å². The van der Waals surface area contributed by atoms with Crippen LogP contribution in [-0.4, -0.2) is 13.0 Å². The first kappa shape index (κ1) is 20.7. The van der Waals surface area contributed by atoms with Gasteiger partial charge in [0.05, 0.1) is 7.11 Å². The van der Waals surface area contributed by atoms with E-state index in [2.05, 4.69) is 11.4 Å². The summed E-state index contributed by atoms with van der Waals surface area (Å²) in [4.78, 5) is 12.8. The van der Waals surface area contributed by atoms with Crippen LogP contribution in [0.25, 0.3) is 0 Å². The molecule has 0 spiro atoms. The van der Waals surface area contributed by atoms with Crippen molar-refractivity contribution in [2.24, 2.45) is 0 Å². The van der Waals surface area contributed by atoms with Crippen molar-refractivity contribution in [3.63, 3.8) is 0 Å². The fourth-order valence-electron chi connectivity index (χ4n) is 3.13. The monoisotopic (exact) mass is 409 g/mol. The predicted octanol–water partition coefficient (Wildman–Crippen LogP) is 6.11. The number of halogens is 1. The maximum Gasteiger partial charge on any atom is 0.255 e. The molecule has 0 aromatic heterocycles. The van der Waals surface area contributed by atoms with E-state index >= 15 is 0 Å². The minimum absolute atomic E-state index is 0.217. The van der Waals surface area contributed by atoms with Crippen molar-refractivity contribution in [2.45, 2.75) is 27.4 Å². The molecule has 0 aliphatic heterocycles. The molecule has 0 atom stereocenters. The Hall–Kier alpha value is -2.98. The molecule has 0 unspecified atom stereocenters. The molecule has 150 valence electrons. The largest absolute Gasteiger partial charge is 0.496 e. The van der Waals surface area contributed by atoms with Gasteiger partial charge in [0.15, 0.2) is 0 Å². The van der Waals surface area contributed by atoms with Crippen molar-refractivity contribution < 1.29 is 14.3 Å². The number of aryl methyl sites for hydroxylation is 3. The van der Waals surface area contributed by atoms with Crippen LogP contribution in [0.15, 0.2) is 54.6 Å². The second-order valence-corrected chi connectivity index (χ2v) is 7.49. The minimum atomic E-state index is -0.217. The van der Waals surface area contributed by atoms with Crippen LogP contribution < -0.4 is 14.8 Å². The van der Waals surface area contributed by atoms with Crippen molar-refractivity contribution in [1.29, 1.82) is 0 Å². The standard InChI is InChI=1S/C24H24ClNO3/c1-15-9-16(2)11-21(10-15)29-14-19-12-18(6-8-23(19)28-4)24(27)26-22-13-20(25)7-5-17(22)3/h5-13H,14H2,1-4H3,(H,26,27).